The fraction of sp³-hybridized carbons (Fsp3) is 0.125. The van der Waals surface area contributed by atoms with E-state index in [0.717, 1.165) is 0 Å². The quantitative estimate of drug-likeness (QED) is 0.482. The third-order valence-electron chi connectivity index (χ3n) is 1.53. The van der Waals surface area contributed by atoms with Gasteiger partial charge in [-0.25, -0.2) is 0 Å². The van der Waals surface area contributed by atoms with E-state index < -0.39 is 0 Å². The van der Waals surface area contributed by atoms with Crippen LogP contribution in [0.4, 0.5) is 0 Å². The Morgan fingerprint density at radius 3 is 2.30 bits per heavy atom. The lowest BCUT2D eigenvalue weighted by Crippen LogP contribution is -1.98. The Labute approximate surface area is 67.9 Å². The van der Waals surface area contributed by atoms with Crippen molar-refractivity contribution >= 4 is 22.1 Å². The van der Waals surface area contributed by atoms with Crippen molar-refractivity contribution in [3.63, 3.8) is 0 Å². The van der Waals surface area contributed by atoms with E-state index in [4.69, 9.17) is 0 Å². The molecule has 0 radical (unpaired) electrons. The molecule has 2 rings (SSSR count). The molecule has 0 aromatic heterocycles. The van der Waals surface area contributed by atoms with Crippen LogP contribution in [-0.4, -0.2) is 6.21 Å². The van der Waals surface area contributed by atoms with Crippen molar-refractivity contribution < 1.29 is 0 Å². The first-order chi connectivity index (χ1) is 4.81. The van der Waals surface area contributed by atoms with Crippen molar-refractivity contribution in [1.29, 1.82) is 0 Å². The summed E-state index contributed by atoms with van der Waals surface area (Å²) < 4.78 is -0.145. The molecule has 1 aromatic carbocycles. The Morgan fingerprint density at radius 1 is 1.20 bits per heavy atom. The maximum atomic E-state index is 4.10. The summed E-state index contributed by atoms with van der Waals surface area (Å²) in [4.78, 5) is 4.10. The normalized spacial score (nSPS) is 28.5. The smallest absolute Gasteiger partial charge is 0.174 e. The molecule has 1 nitrogen and oxygen atoms in total. The highest BCUT2D eigenvalue weighted by atomic mass is 79.9. The molecule has 1 aliphatic rings. The van der Waals surface area contributed by atoms with Gasteiger partial charge in [0.15, 0.2) is 4.45 Å². The molecule has 10 heavy (non-hydrogen) atoms. The molecule has 1 aromatic rings. The molecule has 0 N–H and O–H groups in total. The SMILES string of the molecule is BrC1(c2ccccc2)C=N1. The predicted octanol–water partition coefficient (Wildman–Crippen LogP) is 2.32. The van der Waals surface area contributed by atoms with Gasteiger partial charge < -0.3 is 0 Å². The lowest BCUT2D eigenvalue weighted by atomic mass is 10.1. The van der Waals surface area contributed by atoms with E-state index in [2.05, 4.69) is 33.1 Å². The molecule has 0 fully saturated rings. The van der Waals surface area contributed by atoms with E-state index in [1.54, 1.807) is 0 Å². The van der Waals surface area contributed by atoms with E-state index in [1.807, 2.05) is 24.4 Å². The van der Waals surface area contributed by atoms with Gasteiger partial charge >= 0.3 is 0 Å². The Bertz CT molecular complexity index is 260. The van der Waals surface area contributed by atoms with Gasteiger partial charge in [0, 0.05) is 6.21 Å². The number of alkyl halides is 1. The van der Waals surface area contributed by atoms with E-state index in [1.165, 1.54) is 5.56 Å². The first-order valence-electron chi connectivity index (χ1n) is 3.12. The molecule has 50 valence electrons. The van der Waals surface area contributed by atoms with Crippen molar-refractivity contribution in [2.45, 2.75) is 4.45 Å². The number of nitrogens with zero attached hydrogens (tertiary/aromatic N) is 1. The van der Waals surface area contributed by atoms with Crippen molar-refractivity contribution in [3.05, 3.63) is 35.9 Å². The van der Waals surface area contributed by atoms with Crippen LogP contribution >= 0.6 is 15.9 Å². The summed E-state index contributed by atoms with van der Waals surface area (Å²) >= 11 is 3.48. The summed E-state index contributed by atoms with van der Waals surface area (Å²) in [5, 5.41) is 0. The summed E-state index contributed by atoms with van der Waals surface area (Å²) in [7, 11) is 0. The Hall–Kier alpha value is -0.630. The van der Waals surface area contributed by atoms with Crippen molar-refractivity contribution in [3.8, 4) is 0 Å². The van der Waals surface area contributed by atoms with Crippen molar-refractivity contribution in [2.24, 2.45) is 4.99 Å². The van der Waals surface area contributed by atoms with Crippen LogP contribution in [0, 0.1) is 0 Å². The van der Waals surface area contributed by atoms with Gasteiger partial charge in [0.2, 0.25) is 0 Å². The average molecular weight is 196 g/mol. The Kier molecular flexibility index (Phi) is 1.17. The van der Waals surface area contributed by atoms with E-state index in [-0.39, 0.29) is 4.45 Å². The van der Waals surface area contributed by atoms with Crippen LogP contribution in [-0.2, 0) is 4.45 Å². The zero-order valence-electron chi connectivity index (χ0n) is 5.29. The topological polar surface area (TPSA) is 12.4 Å². The van der Waals surface area contributed by atoms with Crippen molar-refractivity contribution in [2.75, 3.05) is 0 Å². The van der Waals surface area contributed by atoms with E-state index in [0.29, 0.717) is 0 Å². The minimum absolute atomic E-state index is 0.145. The van der Waals surface area contributed by atoms with Crippen LogP contribution < -0.4 is 0 Å². The monoisotopic (exact) mass is 195 g/mol. The van der Waals surface area contributed by atoms with Gasteiger partial charge in [-0.2, -0.15) is 0 Å². The molecule has 1 heterocycles. The summed E-state index contributed by atoms with van der Waals surface area (Å²) in [6, 6.07) is 10.1. The van der Waals surface area contributed by atoms with E-state index in [9.17, 15) is 0 Å². The van der Waals surface area contributed by atoms with Crippen LogP contribution in [0.1, 0.15) is 5.56 Å². The molecule has 0 amide bonds. The van der Waals surface area contributed by atoms with Crippen LogP contribution in [0.3, 0.4) is 0 Å². The number of halogens is 1. The summed E-state index contributed by atoms with van der Waals surface area (Å²) in [6.07, 6.45) is 1.89. The second-order valence-electron chi connectivity index (χ2n) is 2.30. The molecular weight excluding hydrogens is 190 g/mol. The van der Waals surface area contributed by atoms with E-state index >= 15 is 0 Å². The molecule has 0 bridgehead atoms. The van der Waals surface area contributed by atoms with Crippen LogP contribution in [0.15, 0.2) is 35.3 Å². The second-order valence-corrected chi connectivity index (χ2v) is 3.51. The van der Waals surface area contributed by atoms with Gasteiger partial charge in [-0.05, 0) is 21.5 Å². The third-order valence-corrected chi connectivity index (χ3v) is 2.40. The zero-order valence-corrected chi connectivity index (χ0v) is 6.88. The molecule has 1 atom stereocenters. The molecule has 1 aliphatic heterocycles. The highest BCUT2D eigenvalue weighted by molar-refractivity contribution is 9.10. The lowest BCUT2D eigenvalue weighted by molar-refractivity contribution is 1.07. The summed E-state index contributed by atoms with van der Waals surface area (Å²) in [5.74, 6) is 0. The molecule has 0 saturated heterocycles. The van der Waals surface area contributed by atoms with Gasteiger partial charge in [-0.3, -0.25) is 4.99 Å². The standard InChI is InChI=1S/C8H6BrN/c9-8(6-10-8)7-4-2-1-3-5-7/h1-6H. The second kappa shape index (κ2) is 1.92. The molecular formula is C8H6BrN. The number of benzene rings is 1. The predicted molar refractivity (Wildman–Crippen MR) is 45.5 cm³/mol. The zero-order chi connectivity index (χ0) is 7.03. The van der Waals surface area contributed by atoms with Crippen LogP contribution in [0.25, 0.3) is 0 Å². The number of aliphatic imine (C=N–C) groups is 1. The lowest BCUT2D eigenvalue weighted by Gasteiger charge is -2.02. The van der Waals surface area contributed by atoms with Gasteiger partial charge in [0.1, 0.15) is 0 Å². The van der Waals surface area contributed by atoms with Gasteiger partial charge in [0.25, 0.3) is 0 Å². The number of rotatable bonds is 1. The molecule has 0 aliphatic carbocycles. The highest BCUT2D eigenvalue weighted by Gasteiger charge is 2.34. The van der Waals surface area contributed by atoms with Crippen LogP contribution in [0.5, 0.6) is 0 Å². The third kappa shape index (κ3) is 0.886. The maximum absolute atomic E-state index is 4.10. The molecule has 1 unspecified atom stereocenters. The van der Waals surface area contributed by atoms with Crippen LogP contribution in [0.2, 0.25) is 0 Å². The summed E-state index contributed by atoms with van der Waals surface area (Å²) in [6.45, 7) is 0. The Morgan fingerprint density at radius 2 is 1.80 bits per heavy atom. The van der Waals surface area contributed by atoms with Crippen molar-refractivity contribution in [1.82, 2.24) is 0 Å². The molecule has 2 heteroatoms. The van der Waals surface area contributed by atoms with Gasteiger partial charge in [0.05, 0.1) is 0 Å². The largest absolute Gasteiger partial charge is 0.265 e. The molecule has 0 saturated carbocycles. The number of hydrogen-bond acceptors (Lipinski definition) is 1. The average Bonchev–Trinajstić information content (AvgIpc) is 2.72. The minimum Gasteiger partial charge on any atom is -0.265 e. The summed E-state index contributed by atoms with van der Waals surface area (Å²) in [5.41, 5.74) is 1.20. The molecule has 0 spiro atoms. The minimum atomic E-state index is -0.145. The highest BCUT2D eigenvalue weighted by Crippen LogP contribution is 2.39. The maximum Gasteiger partial charge on any atom is 0.174 e. The first kappa shape index (κ1) is 6.10. The van der Waals surface area contributed by atoms with Gasteiger partial charge in [-0.15, -0.1) is 0 Å². The number of hydrogen-bond donors (Lipinski definition) is 0. The Balaban J connectivity index is 2.36. The van der Waals surface area contributed by atoms with Gasteiger partial charge in [-0.1, -0.05) is 30.3 Å². The first-order valence-corrected chi connectivity index (χ1v) is 3.91. The fourth-order valence-corrected chi connectivity index (χ4v) is 1.24. The fourth-order valence-electron chi connectivity index (χ4n) is 0.878.